The zero-order valence-electron chi connectivity index (χ0n) is 14.9. The van der Waals surface area contributed by atoms with Crippen LogP contribution in [0.1, 0.15) is 31.1 Å². The summed E-state index contributed by atoms with van der Waals surface area (Å²) in [5.74, 6) is 0.835. The normalized spacial score (nSPS) is 11.9. The van der Waals surface area contributed by atoms with Crippen molar-refractivity contribution in [2.75, 3.05) is 5.32 Å². The SMILES string of the molecule is CC(C)n1cc(C(F)(F)F)nc1-c1ccc(CNc2nc(Cl)ncc2Br)cc1. The van der Waals surface area contributed by atoms with Crippen molar-refractivity contribution in [1.82, 2.24) is 19.5 Å². The van der Waals surface area contributed by atoms with E-state index >= 15 is 0 Å². The number of hydrogen-bond donors (Lipinski definition) is 1. The number of benzene rings is 1. The second kappa shape index (κ2) is 8.08. The van der Waals surface area contributed by atoms with Gasteiger partial charge in [-0.05, 0) is 46.9 Å². The highest BCUT2D eigenvalue weighted by atomic mass is 79.9. The van der Waals surface area contributed by atoms with E-state index in [1.807, 2.05) is 26.0 Å². The van der Waals surface area contributed by atoms with E-state index in [0.717, 1.165) is 11.8 Å². The lowest BCUT2D eigenvalue weighted by Crippen LogP contribution is -2.05. The smallest absolute Gasteiger partial charge is 0.365 e. The Balaban J connectivity index is 1.81. The van der Waals surface area contributed by atoms with Crippen molar-refractivity contribution in [3.05, 3.63) is 57.7 Å². The molecule has 0 saturated carbocycles. The van der Waals surface area contributed by atoms with Gasteiger partial charge in [-0.25, -0.2) is 9.97 Å². The molecule has 0 aliphatic carbocycles. The quantitative estimate of drug-likeness (QED) is 0.463. The topological polar surface area (TPSA) is 55.6 Å². The Morgan fingerprint density at radius 3 is 2.46 bits per heavy atom. The summed E-state index contributed by atoms with van der Waals surface area (Å²) in [6.45, 7) is 4.08. The van der Waals surface area contributed by atoms with Gasteiger partial charge in [0.15, 0.2) is 5.69 Å². The van der Waals surface area contributed by atoms with Crippen LogP contribution in [-0.4, -0.2) is 19.5 Å². The Bertz CT molecular complexity index is 970. The van der Waals surface area contributed by atoms with Gasteiger partial charge in [-0.15, -0.1) is 0 Å². The molecule has 2 heterocycles. The number of rotatable bonds is 5. The molecule has 0 spiro atoms. The third-order valence-electron chi connectivity index (χ3n) is 3.97. The van der Waals surface area contributed by atoms with Crippen molar-refractivity contribution in [3.8, 4) is 11.4 Å². The van der Waals surface area contributed by atoms with Crippen LogP contribution in [0.15, 0.2) is 41.1 Å². The van der Waals surface area contributed by atoms with E-state index in [4.69, 9.17) is 11.6 Å². The summed E-state index contributed by atoms with van der Waals surface area (Å²) in [6, 6.07) is 7.00. The number of hydrogen-bond acceptors (Lipinski definition) is 4. The van der Waals surface area contributed by atoms with Gasteiger partial charge in [-0.1, -0.05) is 24.3 Å². The monoisotopic (exact) mass is 473 g/mol. The Morgan fingerprint density at radius 2 is 1.86 bits per heavy atom. The number of alkyl halides is 3. The molecule has 0 fully saturated rings. The number of halogens is 5. The fourth-order valence-electron chi connectivity index (χ4n) is 2.56. The Morgan fingerprint density at radius 1 is 1.18 bits per heavy atom. The van der Waals surface area contributed by atoms with Crippen LogP contribution in [0.4, 0.5) is 19.0 Å². The van der Waals surface area contributed by atoms with Crippen LogP contribution in [-0.2, 0) is 12.7 Å². The van der Waals surface area contributed by atoms with E-state index in [9.17, 15) is 13.2 Å². The summed E-state index contributed by atoms with van der Waals surface area (Å²) < 4.78 is 41.3. The molecular formula is C18H16BrClF3N5. The average Bonchev–Trinajstić information content (AvgIpc) is 3.09. The van der Waals surface area contributed by atoms with E-state index in [-0.39, 0.29) is 17.1 Å². The van der Waals surface area contributed by atoms with Gasteiger partial charge in [-0.2, -0.15) is 18.2 Å². The van der Waals surface area contributed by atoms with Crippen LogP contribution < -0.4 is 5.32 Å². The summed E-state index contributed by atoms with van der Waals surface area (Å²) in [7, 11) is 0. The van der Waals surface area contributed by atoms with Crippen LogP contribution in [0.2, 0.25) is 5.28 Å². The molecule has 0 bridgehead atoms. The molecule has 0 aliphatic rings. The van der Waals surface area contributed by atoms with Crippen molar-refractivity contribution in [2.45, 2.75) is 32.6 Å². The highest BCUT2D eigenvalue weighted by molar-refractivity contribution is 9.10. The van der Waals surface area contributed by atoms with Crippen LogP contribution >= 0.6 is 27.5 Å². The predicted molar refractivity (Wildman–Crippen MR) is 105 cm³/mol. The van der Waals surface area contributed by atoms with E-state index in [0.29, 0.717) is 22.4 Å². The Kier molecular flexibility index (Phi) is 5.95. The van der Waals surface area contributed by atoms with Crippen LogP contribution in [0.5, 0.6) is 0 Å². The minimum Gasteiger partial charge on any atom is -0.365 e. The van der Waals surface area contributed by atoms with Crippen molar-refractivity contribution in [2.24, 2.45) is 0 Å². The van der Waals surface area contributed by atoms with Gasteiger partial charge in [0.25, 0.3) is 0 Å². The first kappa shape index (κ1) is 20.6. The van der Waals surface area contributed by atoms with Crippen molar-refractivity contribution < 1.29 is 13.2 Å². The van der Waals surface area contributed by atoms with Crippen LogP contribution in [0.3, 0.4) is 0 Å². The molecule has 28 heavy (non-hydrogen) atoms. The minimum atomic E-state index is -4.48. The highest BCUT2D eigenvalue weighted by Crippen LogP contribution is 2.32. The zero-order chi connectivity index (χ0) is 20.5. The summed E-state index contributed by atoms with van der Waals surface area (Å²) in [6.07, 6.45) is -1.89. The van der Waals surface area contributed by atoms with Gasteiger partial charge >= 0.3 is 6.18 Å². The van der Waals surface area contributed by atoms with Crippen molar-refractivity contribution in [3.63, 3.8) is 0 Å². The third-order valence-corrected chi connectivity index (χ3v) is 4.73. The average molecular weight is 475 g/mol. The molecule has 3 rings (SSSR count). The second-order valence-electron chi connectivity index (χ2n) is 6.33. The maximum absolute atomic E-state index is 13.0. The molecule has 10 heteroatoms. The van der Waals surface area contributed by atoms with Gasteiger partial charge in [0.05, 0.1) is 4.47 Å². The Hall–Kier alpha value is -2.13. The molecule has 148 valence electrons. The lowest BCUT2D eigenvalue weighted by atomic mass is 10.1. The number of nitrogens with zero attached hydrogens (tertiary/aromatic N) is 4. The molecule has 1 aromatic carbocycles. The van der Waals surface area contributed by atoms with E-state index < -0.39 is 11.9 Å². The van der Waals surface area contributed by atoms with Gasteiger partial charge < -0.3 is 9.88 Å². The summed E-state index contributed by atoms with van der Waals surface area (Å²) >= 11 is 9.13. The van der Waals surface area contributed by atoms with E-state index in [1.165, 1.54) is 4.57 Å². The molecule has 2 aromatic heterocycles. The highest BCUT2D eigenvalue weighted by Gasteiger charge is 2.35. The predicted octanol–water partition coefficient (Wildman–Crippen LogP) is 5.97. The molecule has 5 nitrogen and oxygen atoms in total. The lowest BCUT2D eigenvalue weighted by molar-refractivity contribution is -0.140. The lowest BCUT2D eigenvalue weighted by Gasteiger charge is -2.12. The standard InChI is InChI=1S/C18H16BrClF3N5/c1-10(2)28-9-14(18(21,22)23)26-16(28)12-5-3-11(4-6-12)7-24-15-13(19)8-25-17(20)27-15/h3-6,8-10H,7H2,1-2H3,(H,24,25,27). The molecule has 0 saturated heterocycles. The minimum absolute atomic E-state index is 0.127. The molecule has 1 N–H and O–H groups in total. The maximum atomic E-state index is 13.0. The van der Waals surface area contributed by atoms with Gasteiger partial charge in [0.1, 0.15) is 11.6 Å². The van der Waals surface area contributed by atoms with Gasteiger partial charge in [-0.3, -0.25) is 0 Å². The van der Waals surface area contributed by atoms with E-state index in [1.54, 1.807) is 18.3 Å². The fourth-order valence-corrected chi connectivity index (χ4v) is 3.03. The summed E-state index contributed by atoms with van der Waals surface area (Å²) in [4.78, 5) is 11.7. The van der Waals surface area contributed by atoms with Gasteiger partial charge in [0.2, 0.25) is 5.28 Å². The fraction of sp³-hybridized carbons (Fsp3) is 0.278. The van der Waals surface area contributed by atoms with Crippen molar-refractivity contribution >= 4 is 33.3 Å². The Labute approximate surface area is 173 Å². The number of nitrogens with one attached hydrogen (secondary N) is 1. The first-order valence-corrected chi connectivity index (χ1v) is 9.49. The van der Waals surface area contributed by atoms with Crippen molar-refractivity contribution in [1.29, 1.82) is 0 Å². The molecule has 0 amide bonds. The largest absolute Gasteiger partial charge is 0.434 e. The molecule has 3 aromatic rings. The zero-order valence-corrected chi connectivity index (χ0v) is 17.3. The molecule has 0 unspecified atom stereocenters. The molecular weight excluding hydrogens is 459 g/mol. The number of anilines is 1. The summed E-state index contributed by atoms with van der Waals surface area (Å²) in [5, 5.41) is 3.26. The molecule has 0 aliphatic heterocycles. The number of aromatic nitrogens is 4. The molecule has 0 radical (unpaired) electrons. The van der Waals surface area contributed by atoms with Crippen LogP contribution in [0, 0.1) is 0 Å². The first-order valence-electron chi connectivity index (χ1n) is 8.32. The third kappa shape index (κ3) is 4.64. The van der Waals surface area contributed by atoms with Crippen LogP contribution in [0.25, 0.3) is 11.4 Å². The first-order chi connectivity index (χ1) is 13.1. The van der Waals surface area contributed by atoms with Gasteiger partial charge in [0, 0.05) is 30.5 Å². The maximum Gasteiger partial charge on any atom is 0.434 e. The second-order valence-corrected chi connectivity index (χ2v) is 7.53. The molecule has 0 atom stereocenters. The van der Waals surface area contributed by atoms with E-state index in [2.05, 4.69) is 36.2 Å². The summed E-state index contributed by atoms with van der Waals surface area (Å²) in [5.41, 5.74) is 0.635. The number of imidazole rings is 1.